The number of carbonyl (C=O) groups is 1. The third kappa shape index (κ3) is 3.53. The van der Waals surface area contributed by atoms with E-state index in [0.29, 0.717) is 11.3 Å². The first-order chi connectivity index (χ1) is 10.8. The van der Waals surface area contributed by atoms with E-state index < -0.39 is 18.1 Å². The monoisotopic (exact) mass is 335 g/mol. The molecule has 1 aromatic carbocycles. The first-order valence-corrected chi connectivity index (χ1v) is 7.51. The minimum absolute atomic E-state index is 0.0205. The van der Waals surface area contributed by atoms with Crippen LogP contribution in [0.5, 0.6) is 0 Å². The Morgan fingerprint density at radius 1 is 1.35 bits per heavy atom. The highest BCUT2D eigenvalue weighted by molar-refractivity contribution is 6.32. The molecule has 0 saturated heterocycles. The van der Waals surface area contributed by atoms with Gasteiger partial charge in [0.15, 0.2) is 11.0 Å². The molecule has 0 aliphatic heterocycles. The zero-order valence-electron chi connectivity index (χ0n) is 13.2. The summed E-state index contributed by atoms with van der Waals surface area (Å²) >= 11 is 6.28. The Morgan fingerprint density at radius 3 is 2.48 bits per heavy atom. The van der Waals surface area contributed by atoms with Crippen molar-refractivity contribution >= 4 is 23.4 Å². The molecular formula is C16H18ClN3O3. The number of hydrogen-bond donors (Lipinski definition) is 1. The summed E-state index contributed by atoms with van der Waals surface area (Å²) in [6.45, 7) is 3.33. The Morgan fingerprint density at radius 2 is 1.96 bits per heavy atom. The quantitative estimate of drug-likeness (QED) is 0.908. The molecule has 2 aromatic rings. The van der Waals surface area contributed by atoms with E-state index in [4.69, 9.17) is 16.7 Å². The zero-order valence-corrected chi connectivity index (χ0v) is 13.9. The van der Waals surface area contributed by atoms with E-state index in [-0.39, 0.29) is 17.0 Å². The van der Waals surface area contributed by atoms with Crippen LogP contribution in [0, 0.1) is 0 Å². The number of carboxylic acids is 1. The minimum Gasteiger partial charge on any atom is -0.480 e. The van der Waals surface area contributed by atoms with Gasteiger partial charge in [0.1, 0.15) is 6.54 Å². The zero-order chi connectivity index (χ0) is 17.1. The summed E-state index contributed by atoms with van der Waals surface area (Å²) in [5.74, 6) is -0.990. The van der Waals surface area contributed by atoms with Gasteiger partial charge in [-0.15, -0.1) is 0 Å². The van der Waals surface area contributed by atoms with Gasteiger partial charge in [0.25, 0.3) is 5.56 Å². The lowest BCUT2D eigenvalue weighted by molar-refractivity contribution is -0.137. The van der Waals surface area contributed by atoms with Crippen LogP contribution >= 0.6 is 11.6 Å². The number of rotatable bonds is 5. The second-order valence-corrected chi connectivity index (χ2v) is 5.79. The Labute approximate surface area is 139 Å². The standard InChI is InChI=1S/C16H18ClN3O3/c1-10(2)19(3)15-16(23)20(9-12(21)22)13(14(17)18-15)11-7-5-4-6-8-11/h4-8,10H,9H2,1-3H3,(H,21,22). The van der Waals surface area contributed by atoms with Gasteiger partial charge in [-0.2, -0.15) is 0 Å². The van der Waals surface area contributed by atoms with E-state index in [1.807, 2.05) is 19.9 Å². The molecule has 122 valence electrons. The van der Waals surface area contributed by atoms with E-state index in [1.54, 1.807) is 36.2 Å². The second-order valence-electron chi connectivity index (χ2n) is 5.43. The molecule has 0 aliphatic carbocycles. The predicted molar refractivity (Wildman–Crippen MR) is 90.1 cm³/mol. The average Bonchev–Trinajstić information content (AvgIpc) is 2.50. The van der Waals surface area contributed by atoms with E-state index in [2.05, 4.69) is 4.98 Å². The molecule has 1 aromatic heterocycles. The van der Waals surface area contributed by atoms with Crippen molar-refractivity contribution in [1.29, 1.82) is 0 Å². The van der Waals surface area contributed by atoms with Gasteiger partial charge in [-0.05, 0) is 13.8 Å². The van der Waals surface area contributed by atoms with Crippen molar-refractivity contribution in [3.05, 3.63) is 45.8 Å². The molecule has 0 fully saturated rings. The molecule has 7 heteroatoms. The molecule has 0 saturated carbocycles. The van der Waals surface area contributed by atoms with Crippen LogP contribution in [0.1, 0.15) is 13.8 Å². The Balaban J connectivity index is 2.75. The maximum absolute atomic E-state index is 12.7. The summed E-state index contributed by atoms with van der Waals surface area (Å²) in [5.41, 5.74) is 0.467. The molecule has 23 heavy (non-hydrogen) atoms. The van der Waals surface area contributed by atoms with Crippen LogP contribution in [0.2, 0.25) is 5.15 Å². The Kier molecular flexibility index (Phi) is 5.05. The van der Waals surface area contributed by atoms with Crippen LogP contribution in [0.25, 0.3) is 11.3 Å². The number of carboxylic acid groups (broad SMARTS) is 1. The van der Waals surface area contributed by atoms with Crippen LogP contribution in [0.3, 0.4) is 0 Å². The van der Waals surface area contributed by atoms with Crippen molar-refractivity contribution < 1.29 is 9.90 Å². The smallest absolute Gasteiger partial charge is 0.323 e. The molecule has 2 rings (SSSR count). The summed E-state index contributed by atoms with van der Waals surface area (Å²) < 4.78 is 1.15. The highest BCUT2D eigenvalue weighted by Crippen LogP contribution is 2.26. The summed E-state index contributed by atoms with van der Waals surface area (Å²) in [7, 11) is 1.72. The predicted octanol–water partition coefficient (Wildman–Crippen LogP) is 2.49. The number of benzene rings is 1. The third-order valence-corrected chi connectivity index (χ3v) is 3.82. The number of halogens is 1. The fraction of sp³-hybridized carbons (Fsp3) is 0.312. The largest absolute Gasteiger partial charge is 0.480 e. The lowest BCUT2D eigenvalue weighted by atomic mass is 10.1. The second kappa shape index (κ2) is 6.83. The van der Waals surface area contributed by atoms with Crippen LogP contribution < -0.4 is 10.5 Å². The fourth-order valence-corrected chi connectivity index (χ4v) is 2.45. The van der Waals surface area contributed by atoms with Crippen LogP contribution in [-0.2, 0) is 11.3 Å². The molecule has 0 bridgehead atoms. The van der Waals surface area contributed by atoms with Crippen molar-refractivity contribution in [1.82, 2.24) is 9.55 Å². The van der Waals surface area contributed by atoms with E-state index in [1.165, 1.54) is 0 Å². The number of aliphatic carboxylic acids is 1. The van der Waals surface area contributed by atoms with Gasteiger partial charge in [-0.3, -0.25) is 14.2 Å². The van der Waals surface area contributed by atoms with Gasteiger partial charge in [0.2, 0.25) is 0 Å². The molecule has 0 unspecified atom stereocenters. The first kappa shape index (κ1) is 17.0. The van der Waals surface area contributed by atoms with Gasteiger partial charge in [0.05, 0.1) is 5.69 Å². The van der Waals surface area contributed by atoms with Crippen molar-refractivity contribution in [3.8, 4) is 11.3 Å². The summed E-state index contributed by atoms with van der Waals surface area (Å²) in [4.78, 5) is 29.8. The Bertz CT molecular complexity index is 772. The molecular weight excluding hydrogens is 318 g/mol. The number of anilines is 1. The molecule has 6 nitrogen and oxygen atoms in total. The van der Waals surface area contributed by atoms with Gasteiger partial charge in [-0.25, -0.2) is 4.98 Å². The summed E-state index contributed by atoms with van der Waals surface area (Å²) in [6.07, 6.45) is 0. The Hall–Kier alpha value is -2.34. The van der Waals surface area contributed by atoms with Gasteiger partial charge < -0.3 is 10.0 Å². The van der Waals surface area contributed by atoms with Gasteiger partial charge >= 0.3 is 5.97 Å². The maximum atomic E-state index is 12.7. The molecule has 1 heterocycles. The molecule has 0 atom stereocenters. The first-order valence-electron chi connectivity index (χ1n) is 7.13. The normalized spacial score (nSPS) is 10.8. The van der Waals surface area contributed by atoms with Gasteiger partial charge in [-0.1, -0.05) is 41.9 Å². The van der Waals surface area contributed by atoms with Crippen molar-refractivity contribution in [2.24, 2.45) is 0 Å². The highest BCUT2D eigenvalue weighted by Gasteiger charge is 2.21. The van der Waals surface area contributed by atoms with Crippen LogP contribution in [-0.4, -0.2) is 33.7 Å². The summed E-state index contributed by atoms with van der Waals surface area (Å²) in [6, 6.07) is 8.93. The highest BCUT2D eigenvalue weighted by atomic mass is 35.5. The molecule has 0 radical (unpaired) electrons. The fourth-order valence-electron chi connectivity index (χ4n) is 2.16. The van der Waals surface area contributed by atoms with E-state index >= 15 is 0 Å². The third-order valence-electron chi connectivity index (χ3n) is 3.56. The van der Waals surface area contributed by atoms with Crippen molar-refractivity contribution in [2.45, 2.75) is 26.4 Å². The molecule has 0 spiro atoms. The van der Waals surface area contributed by atoms with Crippen LogP contribution in [0.4, 0.5) is 5.82 Å². The molecule has 0 aliphatic rings. The number of nitrogens with zero attached hydrogens (tertiary/aromatic N) is 3. The molecule has 0 amide bonds. The maximum Gasteiger partial charge on any atom is 0.323 e. The number of aromatic nitrogens is 2. The SMILES string of the molecule is CC(C)N(C)c1nc(Cl)c(-c2ccccc2)n(CC(=O)O)c1=O. The van der Waals surface area contributed by atoms with E-state index in [0.717, 1.165) is 4.57 Å². The van der Waals surface area contributed by atoms with Gasteiger partial charge in [0, 0.05) is 18.7 Å². The summed E-state index contributed by atoms with van der Waals surface area (Å²) in [5, 5.41) is 9.25. The van der Waals surface area contributed by atoms with Crippen molar-refractivity contribution in [2.75, 3.05) is 11.9 Å². The lowest BCUT2D eigenvalue weighted by Gasteiger charge is -2.24. The average molecular weight is 336 g/mol. The van der Waals surface area contributed by atoms with Crippen LogP contribution in [0.15, 0.2) is 35.1 Å². The molecule has 1 N–H and O–H groups in total. The topological polar surface area (TPSA) is 75.4 Å². The lowest BCUT2D eigenvalue weighted by Crippen LogP contribution is -2.36. The van der Waals surface area contributed by atoms with E-state index in [9.17, 15) is 9.59 Å². The number of hydrogen-bond acceptors (Lipinski definition) is 4. The van der Waals surface area contributed by atoms with Crippen molar-refractivity contribution in [3.63, 3.8) is 0 Å². The minimum atomic E-state index is -1.12.